The summed E-state index contributed by atoms with van der Waals surface area (Å²) in [6.07, 6.45) is 3.42. The summed E-state index contributed by atoms with van der Waals surface area (Å²) in [5.41, 5.74) is 3.43. The normalized spacial score (nSPS) is 17.3. The van der Waals surface area contributed by atoms with E-state index in [1.54, 1.807) is 6.07 Å². The highest BCUT2D eigenvalue weighted by atomic mass is 35.5. The predicted molar refractivity (Wildman–Crippen MR) is 154 cm³/mol. The fourth-order valence-corrected chi connectivity index (χ4v) is 5.37. The van der Waals surface area contributed by atoms with E-state index in [9.17, 15) is 14.7 Å². The van der Waals surface area contributed by atoms with E-state index in [2.05, 4.69) is 26.5 Å². The van der Waals surface area contributed by atoms with Gasteiger partial charge in [0.15, 0.2) is 0 Å². The van der Waals surface area contributed by atoms with Crippen LogP contribution in [0.15, 0.2) is 30.3 Å². The van der Waals surface area contributed by atoms with Crippen LogP contribution in [0.3, 0.4) is 0 Å². The number of rotatable bonds is 12. The number of amides is 1. The summed E-state index contributed by atoms with van der Waals surface area (Å²) in [4.78, 5) is 27.4. The van der Waals surface area contributed by atoms with Gasteiger partial charge in [-0.05, 0) is 62.4 Å². The summed E-state index contributed by atoms with van der Waals surface area (Å²) in [7, 11) is 0. The monoisotopic (exact) mass is 578 g/mol. The molecule has 1 saturated heterocycles. The molecule has 1 unspecified atom stereocenters. The Hall–Kier alpha value is -2.72. The van der Waals surface area contributed by atoms with Crippen LogP contribution in [0.2, 0.25) is 10.0 Å². The molecular formula is C28H36Cl2N4O5. The van der Waals surface area contributed by atoms with Crippen molar-refractivity contribution in [2.45, 2.75) is 51.2 Å². The van der Waals surface area contributed by atoms with Crippen molar-refractivity contribution in [1.82, 2.24) is 4.90 Å². The Morgan fingerprint density at radius 3 is 2.59 bits per heavy atom. The lowest BCUT2D eigenvalue weighted by Gasteiger charge is -2.36. The third kappa shape index (κ3) is 8.38. The Labute approximate surface area is 239 Å². The maximum Gasteiger partial charge on any atom is 0.303 e. The van der Waals surface area contributed by atoms with Crippen LogP contribution in [0.5, 0.6) is 5.75 Å². The van der Waals surface area contributed by atoms with E-state index < -0.39 is 12.2 Å². The lowest BCUT2D eigenvalue weighted by atomic mass is 10.0. The number of nitrogens with zero attached hydrogens (tertiary/aromatic N) is 2. The Morgan fingerprint density at radius 2 is 1.82 bits per heavy atom. The summed E-state index contributed by atoms with van der Waals surface area (Å²) in [6.45, 7) is 5.11. The first kappa shape index (κ1) is 29.3. The first-order valence-corrected chi connectivity index (χ1v) is 14.2. The average Bonchev–Trinajstić information content (AvgIpc) is 2.91. The van der Waals surface area contributed by atoms with Crippen molar-refractivity contribution >= 4 is 52.1 Å². The van der Waals surface area contributed by atoms with Crippen LogP contribution < -0.4 is 20.3 Å². The Kier molecular flexibility index (Phi) is 10.6. The van der Waals surface area contributed by atoms with Crippen LogP contribution in [-0.4, -0.2) is 72.5 Å². The number of hydrogen-bond donors (Lipinski definition) is 4. The number of anilines is 3. The summed E-state index contributed by atoms with van der Waals surface area (Å²) < 4.78 is 5.93. The van der Waals surface area contributed by atoms with Gasteiger partial charge in [-0.15, -0.1) is 0 Å². The van der Waals surface area contributed by atoms with Crippen LogP contribution in [0.4, 0.5) is 17.1 Å². The number of carbonyl (C=O) groups excluding carboxylic acids is 1. The first-order chi connectivity index (χ1) is 18.8. The fourth-order valence-electron chi connectivity index (χ4n) is 4.87. The largest absolute Gasteiger partial charge is 0.494 e. The summed E-state index contributed by atoms with van der Waals surface area (Å²) >= 11 is 13.0. The molecule has 1 fully saturated rings. The number of aliphatic carboxylic acids is 1. The minimum atomic E-state index is -0.927. The number of aryl methyl sites for hydroxylation is 1. The van der Waals surface area contributed by atoms with Crippen molar-refractivity contribution in [3.8, 4) is 5.75 Å². The standard InChI is InChI=1S/C28H36Cl2N4O5/c29-27-21(31-24(35)4-3-5-26(37)38)9-10-23(28(27)30)34-15-13-33(14-16-34)12-1-2-17-39-20-8-6-19-7-11-25(36)32-22(19)18-20/h6,8-10,18,25,32,36H,1-5,7,11-17H2,(H,31,35)(H,37,38). The number of ether oxygens (including phenoxy) is 1. The van der Waals surface area contributed by atoms with Crippen molar-refractivity contribution in [1.29, 1.82) is 0 Å². The molecule has 0 radical (unpaired) electrons. The van der Waals surface area contributed by atoms with Gasteiger partial charge >= 0.3 is 5.97 Å². The number of fused-ring (bicyclic) bond motifs is 1. The number of nitrogens with one attached hydrogen (secondary N) is 2. The second-order valence-electron chi connectivity index (χ2n) is 9.96. The van der Waals surface area contributed by atoms with Gasteiger partial charge in [0.1, 0.15) is 12.0 Å². The van der Waals surface area contributed by atoms with Gasteiger partial charge in [0.25, 0.3) is 0 Å². The number of carboxylic acid groups (broad SMARTS) is 1. The Morgan fingerprint density at radius 1 is 1.03 bits per heavy atom. The van der Waals surface area contributed by atoms with Gasteiger partial charge in [0.2, 0.25) is 5.91 Å². The van der Waals surface area contributed by atoms with E-state index in [1.807, 2.05) is 18.2 Å². The molecule has 0 aliphatic carbocycles. The lowest BCUT2D eigenvalue weighted by Crippen LogP contribution is -2.46. The molecule has 2 heterocycles. The van der Waals surface area contributed by atoms with Crippen molar-refractivity contribution in [2.75, 3.05) is 54.9 Å². The van der Waals surface area contributed by atoms with Crippen LogP contribution in [0.25, 0.3) is 0 Å². The summed E-state index contributed by atoms with van der Waals surface area (Å²) in [6, 6.07) is 9.64. The summed E-state index contributed by atoms with van der Waals surface area (Å²) in [5.74, 6) is -0.396. The van der Waals surface area contributed by atoms with Crippen LogP contribution in [-0.2, 0) is 16.0 Å². The molecule has 0 bridgehead atoms. The molecule has 212 valence electrons. The molecule has 2 aliphatic rings. The molecule has 2 aromatic rings. The maximum atomic E-state index is 12.1. The highest BCUT2D eigenvalue weighted by Crippen LogP contribution is 2.38. The minimum Gasteiger partial charge on any atom is -0.494 e. The molecule has 2 aliphatic heterocycles. The van der Waals surface area contributed by atoms with Crippen molar-refractivity contribution in [3.05, 3.63) is 45.9 Å². The van der Waals surface area contributed by atoms with Crippen molar-refractivity contribution in [3.63, 3.8) is 0 Å². The smallest absolute Gasteiger partial charge is 0.303 e. The molecule has 4 N–H and O–H groups in total. The minimum absolute atomic E-state index is 0.0555. The number of piperazine rings is 1. The first-order valence-electron chi connectivity index (χ1n) is 13.5. The van der Waals surface area contributed by atoms with Gasteiger partial charge in [-0.1, -0.05) is 29.3 Å². The highest BCUT2D eigenvalue weighted by molar-refractivity contribution is 6.45. The van der Waals surface area contributed by atoms with Crippen molar-refractivity contribution in [2.24, 2.45) is 0 Å². The SMILES string of the molecule is O=C(O)CCCC(=O)Nc1ccc(N2CCN(CCCCOc3ccc4c(c3)NC(O)CC4)CC2)c(Cl)c1Cl. The van der Waals surface area contributed by atoms with Crippen molar-refractivity contribution < 1.29 is 24.5 Å². The van der Waals surface area contributed by atoms with Gasteiger partial charge in [-0.25, -0.2) is 0 Å². The second kappa shape index (κ2) is 14.1. The molecule has 4 rings (SSSR count). The molecule has 0 aromatic heterocycles. The number of unbranched alkanes of at least 4 members (excludes halogenated alkanes) is 1. The number of aliphatic hydroxyl groups excluding tert-OH is 1. The zero-order valence-corrected chi connectivity index (χ0v) is 23.4. The van der Waals surface area contributed by atoms with Crippen LogP contribution in [0, 0.1) is 0 Å². The van der Waals surface area contributed by atoms with E-state index in [4.69, 9.17) is 33.0 Å². The Balaban J connectivity index is 1.16. The van der Waals surface area contributed by atoms with E-state index in [0.29, 0.717) is 17.3 Å². The van der Waals surface area contributed by atoms with Gasteiger partial charge in [0.05, 0.1) is 28.0 Å². The molecule has 0 spiro atoms. The third-order valence-corrected chi connectivity index (χ3v) is 7.94. The molecule has 2 aromatic carbocycles. The molecule has 39 heavy (non-hydrogen) atoms. The van der Waals surface area contributed by atoms with Crippen LogP contribution >= 0.6 is 23.2 Å². The molecule has 0 saturated carbocycles. The van der Waals surface area contributed by atoms with Crippen LogP contribution in [0.1, 0.15) is 44.1 Å². The van der Waals surface area contributed by atoms with Gasteiger partial charge in [-0.3, -0.25) is 14.5 Å². The molecule has 1 atom stereocenters. The number of aliphatic hydroxyl groups is 1. The zero-order valence-electron chi connectivity index (χ0n) is 21.9. The van der Waals surface area contributed by atoms with Gasteiger partial charge in [-0.2, -0.15) is 0 Å². The van der Waals surface area contributed by atoms with Gasteiger partial charge < -0.3 is 30.5 Å². The Bertz CT molecular complexity index is 1160. The number of hydrogen-bond acceptors (Lipinski definition) is 7. The lowest BCUT2D eigenvalue weighted by molar-refractivity contribution is -0.137. The average molecular weight is 580 g/mol. The molecule has 1 amide bonds. The van der Waals surface area contributed by atoms with E-state index in [1.165, 1.54) is 5.56 Å². The second-order valence-corrected chi connectivity index (χ2v) is 10.7. The molecule has 9 nitrogen and oxygen atoms in total. The topological polar surface area (TPSA) is 114 Å². The quantitative estimate of drug-likeness (QED) is 0.264. The predicted octanol–water partition coefficient (Wildman–Crippen LogP) is 4.84. The van der Waals surface area contributed by atoms with E-state index in [-0.39, 0.29) is 30.2 Å². The maximum absolute atomic E-state index is 12.1. The highest BCUT2D eigenvalue weighted by Gasteiger charge is 2.21. The number of halogens is 2. The summed E-state index contributed by atoms with van der Waals surface area (Å²) in [5, 5.41) is 25.0. The number of carboxylic acids is 1. The number of carbonyl (C=O) groups is 2. The van der Waals surface area contributed by atoms with E-state index >= 15 is 0 Å². The molecule has 11 heteroatoms. The fraction of sp³-hybridized carbons (Fsp3) is 0.500. The van der Waals surface area contributed by atoms with E-state index in [0.717, 1.165) is 75.5 Å². The zero-order chi connectivity index (χ0) is 27.8. The molecular weight excluding hydrogens is 543 g/mol. The van der Waals surface area contributed by atoms with Gasteiger partial charge in [0, 0.05) is 50.8 Å². The third-order valence-electron chi connectivity index (χ3n) is 7.07. The number of benzene rings is 2.